The number of aromatic nitrogens is 4. The predicted octanol–water partition coefficient (Wildman–Crippen LogP) is 3.73. The molecule has 170 valence electrons. The van der Waals surface area contributed by atoms with Crippen molar-refractivity contribution in [1.82, 2.24) is 30.0 Å². The second-order valence-electron chi connectivity index (χ2n) is 9.09. The monoisotopic (exact) mass is 434 g/mol. The van der Waals surface area contributed by atoms with Crippen molar-refractivity contribution >= 4 is 0 Å². The van der Waals surface area contributed by atoms with Crippen LogP contribution in [0, 0.1) is 0 Å². The first kappa shape index (κ1) is 22.4. The molecule has 1 aliphatic heterocycles. The second-order valence-corrected chi connectivity index (χ2v) is 9.09. The molecule has 7 heteroatoms. The van der Waals surface area contributed by atoms with Crippen molar-refractivity contribution < 1.29 is 4.74 Å². The maximum absolute atomic E-state index is 5.39. The molecule has 2 aromatic carbocycles. The summed E-state index contributed by atoms with van der Waals surface area (Å²) in [6, 6.07) is 19.0. The molecule has 32 heavy (non-hydrogen) atoms. The highest BCUT2D eigenvalue weighted by Gasteiger charge is 2.34. The van der Waals surface area contributed by atoms with E-state index in [1.807, 2.05) is 16.8 Å². The van der Waals surface area contributed by atoms with Gasteiger partial charge in [-0.25, -0.2) is 4.68 Å². The van der Waals surface area contributed by atoms with Gasteiger partial charge >= 0.3 is 0 Å². The largest absolute Gasteiger partial charge is 0.497 e. The van der Waals surface area contributed by atoms with Gasteiger partial charge in [-0.15, -0.1) is 5.10 Å². The van der Waals surface area contributed by atoms with E-state index < -0.39 is 0 Å². The number of ether oxygens (including phenoxy) is 1. The van der Waals surface area contributed by atoms with Crippen molar-refractivity contribution in [2.75, 3.05) is 33.3 Å². The number of methoxy groups -OCH3 is 1. The highest BCUT2D eigenvalue weighted by atomic mass is 16.5. The molecule has 1 fully saturated rings. The molecule has 0 spiro atoms. The van der Waals surface area contributed by atoms with Gasteiger partial charge in [0.15, 0.2) is 5.82 Å². The molecule has 0 aliphatic carbocycles. The average Bonchev–Trinajstić information content (AvgIpc) is 3.32. The Morgan fingerprint density at radius 2 is 1.66 bits per heavy atom. The van der Waals surface area contributed by atoms with Crippen LogP contribution in [0.1, 0.15) is 50.2 Å². The smallest absolute Gasteiger partial charge is 0.173 e. The second kappa shape index (κ2) is 9.79. The summed E-state index contributed by atoms with van der Waals surface area (Å²) in [6.45, 7) is 11.5. The lowest BCUT2D eigenvalue weighted by atomic mass is 9.99. The van der Waals surface area contributed by atoms with Crippen LogP contribution in [0.15, 0.2) is 54.6 Å². The molecule has 4 rings (SSSR count). The first-order valence-electron chi connectivity index (χ1n) is 11.4. The number of hydrogen-bond donors (Lipinski definition) is 0. The first-order valence-corrected chi connectivity index (χ1v) is 11.4. The standard InChI is InChI=1S/C25H34N6O/c1-5-25(2,3)31-24(26-27-28-31)23(21-11-13-22(32-4)14-12-21)30-17-15-29(16-18-30)19-20-9-7-6-8-10-20/h6-14,23H,5,15-19H2,1-4H3/t23-/m0/s1. The Kier molecular flexibility index (Phi) is 6.86. The van der Waals surface area contributed by atoms with E-state index in [2.05, 4.69) is 88.6 Å². The molecule has 0 radical (unpaired) electrons. The van der Waals surface area contributed by atoms with Crippen LogP contribution in [-0.4, -0.2) is 63.3 Å². The zero-order valence-electron chi connectivity index (χ0n) is 19.6. The SMILES string of the molecule is CCC(C)(C)n1nnnc1[C@H](c1ccc(OC)cc1)N1CCN(Cc2ccccc2)CC1. The quantitative estimate of drug-likeness (QED) is 0.538. The van der Waals surface area contributed by atoms with Gasteiger partial charge in [-0.1, -0.05) is 49.4 Å². The van der Waals surface area contributed by atoms with Gasteiger partial charge in [0.05, 0.1) is 18.7 Å². The van der Waals surface area contributed by atoms with Gasteiger partial charge in [0.2, 0.25) is 0 Å². The van der Waals surface area contributed by atoms with Crippen LogP contribution in [0.4, 0.5) is 0 Å². The van der Waals surface area contributed by atoms with Gasteiger partial charge in [-0.3, -0.25) is 9.80 Å². The molecule has 7 nitrogen and oxygen atoms in total. The summed E-state index contributed by atoms with van der Waals surface area (Å²) in [5, 5.41) is 13.0. The third kappa shape index (κ3) is 4.84. The maximum atomic E-state index is 5.39. The fraction of sp³-hybridized carbons (Fsp3) is 0.480. The molecule has 0 N–H and O–H groups in total. The van der Waals surface area contributed by atoms with E-state index in [-0.39, 0.29) is 11.6 Å². The van der Waals surface area contributed by atoms with Crippen molar-refractivity contribution in [2.24, 2.45) is 0 Å². The summed E-state index contributed by atoms with van der Waals surface area (Å²) in [5.41, 5.74) is 2.39. The van der Waals surface area contributed by atoms with Gasteiger partial charge in [-0.05, 0) is 54.0 Å². The lowest BCUT2D eigenvalue weighted by molar-refractivity contribution is 0.0972. The van der Waals surface area contributed by atoms with Gasteiger partial charge in [0, 0.05) is 32.7 Å². The van der Waals surface area contributed by atoms with Crippen LogP contribution in [0.25, 0.3) is 0 Å². The van der Waals surface area contributed by atoms with Crippen molar-refractivity contribution in [3.05, 3.63) is 71.5 Å². The minimum absolute atomic E-state index is 0.000561. The summed E-state index contributed by atoms with van der Waals surface area (Å²) in [6.07, 6.45) is 0.950. The van der Waals surface area contributed by atoms with Crippen LogP contribution in [0.5, 0.6) is 5.75 Å². The van der Waals surface area contributed by atoms with E-state index in [9.17, 15) is 0 Å². The Hall–Kier alpha value is -2.77. The summed E-state index contributed by atoms with van der Waals surface area (Å²) in [5.74, 6) is 1.76. The van der Waals surface area contributed by atoms with E-state index in [0.717, 1.165) is 50.7 Å². The Bertz CT molecular complexity index is 977. The van der Waals surface area contributed by atoms with Gasteiger partial charge in [0.25, 0.3) is 0 Å². The molecule has 1 atom stereocenters. The van der Waals surface area contributed by atoms with E-state index in [4.69, 9.17) is 4.74 Å². The van der Waals surface area contributed by atoms with Crippen LogP contribution < -0.4 is 4.74 Å². The normalized spacial score (nSPS) is 16.8. The molecule has 3 aromatic rings. The van der Waals surface area contributed by atoms with E-state index in [1.54, 1.807) is 7.11 Å². The molecule has 1 saturated heterocycles. The molecule has 1 aromatic heterocycles. The summed E-state index contributed by atoms with van der Waals surface area (Å²) >= 11 is 0. The van der Waals surface area contributed by atoms with E-state index >= 15 is 0 Å². The predicted molar refractivity (Wildman–Crippen MR) is 126 cm³/mol. The molecular formula is C25H34N6O. The highest BCUT2D eigenvalue weighted by molar-refractivity contribution is 5.32. The molecule has 2 heterocycles. The van der Waals surface area contributed by atoms with Crippen molar-refractivity contribution in [2.45, 2.75) is 45.3 Å². The number of benzene rings is 2. The van der Waals surface area contributed by atoms with Crippen molar-refractivity contribution in [3.8, 4) is 5.75 Å². The maximum Gasteiger partial charge on any atom is 0.173 e. The average molecular weight is 435 g/mol. The first-order chi connectivity index (χ1) is 15.5. The van der Waals surface area contributed by atoms with Crippen LogP contribution in [0.2, 0.25) is 0 Å². The summed E-state index contributed by atoms with van der Waals surface area (Å²) < 4.78 is 7.40. The minimum Gasteiger partial charge on any atom is -0.497 e. The van der Waals surface area contributed by atoms with Gasteiger partial charge < -0.3 is 4.74 Å². The van der Waals surface area contributed by atoms with Crippen molar-refractivity contribution in [1.29, 1.82) is 0 Å². The fourth-order valence-electron chi connectivity index (χ4n) is 4.28. The summed E-state index contributed by atoms with van der Waals surface area (Å²) in [4.78, 5) is 5.03. The zero-order valence-corrected chi connectivity index (χ0v) is 19.6. The zero-order chi connectivity index (χ0) is 22.6. The molecule has 1 aliphatic rings. The third-order valence-corrected chi connectivity index (χ3v) is 6.63. The van der Waals surface area contributed by atoms with Crippen LogP contribution in [0.3, 0.4) is 0 Å². The Labute approximate surface area is 191 Å². The minimum atomic E-state index is -0.154. The molecule has 0 unspecified atom stereocenters. The Morgan fingerprint density at radius 3 is 2.28 bits per heavy atom. The van der Waals surface area contributed by atoms with Crippen LogP contribution >= 0.6 is 0 Å². The summed E-state index contributed by atoms with van der Waals surface area (Å²) in [7, 11) is 1.70. The lowest BCUT2D eigenvalue weighted by Crippen LogP contribution is -2.48. The van der Waals surface area contributed by atoms with Gasteiger partial charge in [0.1, 0.15) is 5.75 Å². The lowest BCUT2D eigenvalue weighted by Gasteiger charge is -2.39. The third-order valence-electron chi connectivity index (χ3n) is 6.63. The number of hydrogen-bond acceptors (Lipinski definition) is 6. The van der Waals surface area contributed by atoms with E-state index in [0.29, 0.717) is 0 Å². The van der Waals surface area contributed by atoms with Crippen molar-refractivity contribution in [3.63, 3.8) is 0 Å². The Balaban J connectivity index is 1.59. The molecule has 0 amide bonds. The molecular weight excluding hydrogens is 400 g/mol. The molecule has 0 saturated carbocycles. The topological polar surface area (TPSA) is 59.3 Å². The fourth-order valence-corrected chi connectivity index (χ4v) is 4.28. The van der Waals surface area contributed by atoms with E-state index in [1.165, 1.54) is 11.1 Å². The number of nitrogens with zero attached hydrogens (tertiary/aromatic N) is 6. The highest BCUT2D eigenvalue weighted by Crippen LogP contribution is 2.32. The van der Waals surface area contributed by atoms with Crippen LogP contribution in [-0.2, 0) is 12.1 Å². The van der Waals surface area contributed by atoms with Gasteiger partial charge in [-0.2, -0.15) is 0 Å². The number of piperazine rings is 1. The Morgan fingerprint density at radius 1 is 0.969 bits per heavy atom. The number of tetrazole rings is 1. The number of rotatable bonds is 8. The molecule has 0 bridgehead atoms.